The summed E-state index contributed by atoms with van der Waals surface area (Å²) in [6.45, 7) is 18.7. The van der Waals surface area contributed by atoms with Crippen molar-refractivity contribution in [1.29, 1.82) is 0 Å². The van der Waals surface area contributed by atoms with E-state index < -0.39 is 18.3 Å². The monoisotopic (exact) mass is 707 g/mol. The van der Waals surface area contributed by atoms with Crippen LogP contribution >= 0.6 is 0 Å². The Morgan fingerprint density at radius 2 is 1.79 bits per heavy atom. The van der Waals surface area contributed by atoms with Crippen LogP contribution in [0.3, 0.4) is 0 Å². The van der Waals surface area contributed by atoms with Crippen LogP contribution in [-0.4, -0.2) is 70.8 Å². The molecule has 0 bridgehead atoms. The second-order valence-corrected chi connectivity index (χ2v) is 15.9. The predicted molar refractivity (Wildman–Crippen MR) is 207 cm³/mol. The van der Waals surface area contributed by atoms with Crippen molar-refractivity contribution in [2.45, 2.75) is 98.7 Å². The molecule has 0 radical (unpaired) electrons. The number of carbonyl (C=O) groups excluding carboxylic acids is 1. The molecule has 6 rings (SSSR count). The van der Waals surface area contributed by atoms with Gasteiger partial charge < -0.3 is 33.4 Å². The maximum absolute atomic E-state index is 12.9. The van der Waals surface area contributed by atoms with Crippen molar-refractivity contribution in [2.24, 2.45) is 5.41 Å². The number of nitrogens with zero attached hydrogens (tertiary/aromatic N) is 3. The van der Waals surface area contributed by atoms with Crippen LogP contribution in [0.15, 0.2) is 66.9 Å². The zero-order valence-electron chi connectivity index (χ0n) is 32.3. The van der Waals surface area contributed by atoms with Gasteiger partial charge in [0.25, 0.3) is 0 Å². The summed E-state index contributed by atoms with van der Waals surface area (Å²) in [6, 6.07) is 18.5. The molecule has 4 heterocycles. The van der Waals surface area contributed by atoms with Crippen LogP contribution in [0.25, 0.3) is 27.7 Å². The van der Waals surface area contributed by atoms with Gasteiger partial charge in [-0.25, -0.2) is 4.79 Å². The Hall–Kier alpha value is -3.96. The number of carbonyl (C=O) groups is 1. The van der Waals surface area contributed by atoms with Gasteiger partial charge in [-0.2, -0.15) is 0 Å². The van der Waals surface area contributed by atoms with Gasteiger partial charge in [0.1, 0.15) is 6.61 Å². The van der Waals surface area contributed by atoms with E-state index >= 15 is 0 Å². The van der Waals surface area contributed by atoms with E-state index in [0.717, 1.165) is 62.1 Å². The summed E-state index contributed by atoms with van der Waals surface area (Å²) < 4.78 is 26.8. The Morgan fingerprint density at radius 1 is 1.08 bits per heavy atom. The molecule has 1 atom stereocenters. The predicted octanol–water partition coefficient (Wildman–Crippen LogP) is 7.72. The highest BCUT2D eigenvalue weighted by molar-refractivity contribution is 6.62. The van der Waals surface area contributed by atoms with Crippen LogP contribution in [0, 0.1) is 5.41 Å². The van der Waals surface area contributed by atoms with E-state index in [4.69, 9.17) is 23.8 Å². The fourth-order valence-corrected chi connectivity index (χ4v) is 7.10. The average Bonchev–Trinajstić information content (AvgIpc) is 3.56. The molecule has 10 heteroatoms. The third kappa shape index (κ3) is 7.44. The lowest BCUT2D eigenvalue weighted by Crippen LogP contribution is -2.41. The molecule has 4 aromatic rings. The largest absolute Gasteiger partial charge is 0.494 e. The second kappa shape index (κ2) is 14.8. The van der Waals surface area contributed by atoms with Crippen molar-refractivity contribution in [1.82, 2.24) is 14.5 Å². The molecule has 52 heavy (non-hydrogen) atoms. The quantitative estimate of drug-likeness (QED) is 0.160. The normalized spacial score (nSPS) is 17.8. The number of rotatable bonds is 11. The van der Waals surface area contributed by atoms with E-state index in [-0.39, 0.29) is 30.8 Å². The first kappa shape index (κ1) is 37.8. The number of ether oxygens (including phenoxy) is 2. The minimum absolute atomic E-state index is 0.0406. The Labute approximate surface area is 309 Å². The highest BCUT2D eigenvalue weighted by Crippen LogP contribution is 2.42. The molecule has 1 fully saturated rings. The molecule has 2 aliphatic heterocycles. The summed E-state index contributed by atoms with van der Waals surface area (Å²) in [5, 5.41) is 11.6. The third-order valence-corrected chi connectivity index (χ3v) is 11.1. The van der Waals surface area contributed by atoms with Gasteiger partial charge in [0, 0.05) is 56.0 Å². The van der Waals surface area contributed by atoms with Crippen molar-refractivity contribution in [3.05, 3.63) is 89.3 Å². The number of benzene rings is 2. The molecule has 9 nitrogen and oxygen atoms in total. The number of aromatic nitrogens is 2. The lowest BCUT2D eigenvalue weighted by atomic mass is 9.77. The number of hydrogen-bond donors (Lipinski definition) is 1. The molecule has 0 unspecified atom stereocenters. The van der Waals surface area contributed by atoms with Gasteiger partial charge in [-0.05, 0) is 99.7 Å². The second-order valence-electron chi connectivity index (χ2n) is 15.9. The van der Waals surface area contributed by atoms with Crippen LogP contribution in [0.1, 0.15) is 90.3 Å². The Kier molecular flexibility index (Phi) is 10.8. The van der Waals surface area contributed by atoms with Crippen LogP contribution < -0.4 is 5.46 Å². The van der Waals surface area contributed by atoms with Crippen LogP contribution in [-0.2, 0) is 38.4 Å². The molecule has 2 aromatic heterocycles. The third-order valence-electron chi connectivity index (χ3n) is 11.1. The molecule has 0 saturated carbocycles. The number of aliphatic hydroxyl groups is 1. The van der Waals surface area contributed by atoms with E-state index in [1.54, 1.807) is 12.0 Å². The van der Waals surface area contributed by atoms with Gasteiger partial charge in [0.15, 0.2) is 0 Å². The number of fused-ring (bicyclic) bond motifs is 1. The summed E-state index contributed by atoms with van der Waals surface area (Å²) in [6.07, 6.45) is 4.78. The number of aryl methyl sites for hydroxylation is 1. The fraction of sp³-hybridized carbons (Fsp3) is 0.476. The Morgan fingerprint density at radius 3 is 2.40 bits per heavy atom. The summed E-state index contributed by atoms with van der Waals surface area (Å²) in [7, 11) is 1.21. The molecule has 0 spiro atoms. The molecular formula is C42H54BN3O6. The molecule has 2 aromatic carbocycles. The molecule has 1 amide bonds. The van der Waals surface area contributed by atoms with Crippen LogP contribution in [0.2, 0.25) is 0 Å². The first-order valence-electron chi connectivity index (χ1n) is 18.5. The van der Waals surface area contributed by atoms with E-state index in [2.05, 4.69) is 83.4 Å². The van der Waals surface area contributed by atoms with E-state index in [1.165, 1.54) is 0 Å². The van der Waals surface area contributed by atoms with Crippen molar-refractivity contribution >= 4 is 35.2 Å². The maximum Gasteiger partial charge on any atom is 0.494 e. The zero-order chi connectivity index (χ0) is 37.4. The van der Waals surface area contributed by atoms with E-state index in [1.807, 2.05) is 43.5 Å². The summed E-state index contributed by atoms with van der Waals surface area (Å²) in [4.78, 5) is 19.7. The minimum atomic E-state index is -0.496. The van der Waals surface area contributed by atoms with E-state index in [0.29, 0.717) is 25.9 Å². The standard InChI is InChI=1S/C42H54BN3O6/c1-10-46-36-17-16-32(43-51-41(5,6)42(7,8)52-43)23-33(36)35(24-40(3,4)27-47)38(46)34-22-31(25-44-37(34)28(2)49-9)30-18-20-45(21-19-30)39(48)50-26-29-14-12-11-13-15-29/h11-18,22-23,25,28,47H,10,19-21,24,26-27H2,1-9H3/t28-/m0/s1. The molecule has 2 aliphatic rings. The molecule has 1 N–H and O–H groups in total. The van der Waals surface area contributed by atoms with Crippen molar-refractivity contribution in [2.75, 3.05) is 26.8 Å². The molecule has 1 saturated heterocycles. The van der Waals surface area contributed by atoms with Gasteiger partial charge in [0.05, 0.1) is 28.7 Å². The van der Waals surface area contributed by atoms with E-state index in [9.17, 15) is 9.90 Å². The lowest BCUT2D eigenvalue weighted by molar-refractivity contribution is 0.00578. The van der Waals surface area contributed by atoms with Crippen LogP contribution in [0.4, 0.5) is 4.79 Å². The first-order chi connectivity index (χ1) is 24.7. The average molecular weight is 708 g/mol. The van der Waals surface area contributed by atoms with Crippen molar-refractivity contribution in [3.8, 4) is 11.3 Å². The van der Waals surface area contributed by atoms with Gasteiger partial charge in [-0.15, -0.1) is 0 Å². The summed E-state index contributed by atoms with van der Waals surface area (Å²) in [5.41, 5.74) is 7.93. The van der Waals surface area contributed by atoms with Gasteiger partial charge >= 0.3 is 13.2 Å². The Balaban J connectivity index is 1.41. The number of methoxy groups -OCH3 is 1. The lowest BCUT2D eigenvalue weighted by Gasteiger charge is -2.32. The molecule has 0 aliphatic carbocycles. The van der Waals surface area contributed by atoms with Crippen molar-refractivity contribution in [3.63, 3.8) is 0 Å². The maximum atomic E-state index is 12.9. The highest BCUT2D eigenvalue weighted by Gasteiger charge is 2.51. The number of aliphatic hydroxyl groups excluding tert-OH is 1. The summed E-state index contributed by atoms with van der Waals surface area (Å²) in [5.74, 6) is 0. The smallest absolute Gasteiger partial charge is 0.445 e. The fourth-order valence-electron chi connectivity index (χ4n) is 7.10. The highest BCUT2D eigenvalue weighted by atomic mass is 16.7. The van der Waals surface area contributed by atoms with Gasteiger partial charge in [0.2, 0.25) is 0 Å². The minimum Gasteiger partial charge on any atom is -0.445 e. The Bertz CT molecular complexity index is 1930. The summed E-state index contributed by atoms with van der Waals surface area (Å²) >= 11 is 0. The first-order valence-corrected chi connectivity index (χ1v) is 18.5. The molecule has 276 valence electrons. The zero-order valence-corrected chi connectivity index (χ0v) is 32.3. The number of hydrogen-bond acceptors (Lipinski definition) is 7. The van der Waals surface area contributed by atoms with Gasteiger partial charge in [-0.3, -0.25) is 4.98 Å². The van der Waals surface area contributed by atoms with Crippen molar-refractivity contribution < 1.29 is 28.7 Å². The number of pyridine rings is 1. The SMILES string of the molecule is CCn1c(-c2cc(C3=CCN(C(=O)OCc4ccccc4)CC3)cnc2[C@H](C)OC)c(CC(C)(C)CO)c2cc(B3OC(C)(C)C(C)(C)O3)ccc21. The molecular weight excluding hydrogens is 653 g/mol. The number of amides is 1. The van der Waals surface area contributed by atoms with Crippen LogP contribution in [0.5, 0.6) is 0 Å². The topological polar surface area (TPSA) is 95.3 Å². The van der Waals surface area contributed by atoms with Gasteiger partial charge in [-0.1, -0.05) is 62.4 Å².